The lowest BCUT2D eigenvalue weighted by atomic mass is 9.66. The van der Waals surface area contributed by atoms with E-state index in [1.54, 1.807) is 7.11 Å². The fourth-order valence-electron chi connectivity index (χ4n) is 4.31. The molecule has 2 aliphatic rings. The highest BCUT2D eigenvalue weighted by Crippen LogP contribution is 2.55. The van der Waals surface area contributed by atoms with Gasteiger partial charge >= 0.3 is 0 Å². The zero-order valence-electron chi connectivity index (χ0n) is 13.8. The van der Waals surface area contributed by atoms with Crippen LogP contribution in [-0.4, -0.2) is 30.2 Å². The Hall–Kier alpha value is -0.120. The van der Waals surface area contributed by atoms with Crippen molar-refractivity contribution >= 4 is 0 Å². The molecule has 1 spiro atoms. The first-order valence-electron chi connectivity index (χ1n) is 8.29. The zero-order valence-corrected chi connectivity index (χ0v) is 13.8. The molecule has 20 heavy (non-hydrogen) atoms. The van der Waals surface area contributed by atoms with Gasteiger partial charge in [0.05, 0.1) is 6.10 Å². The molecule has 0 radical (unpaired) electrons. The fourth-order valence-corrected chi connectivity index (χ4v) is 4.31. The summed E-state index contributed by atoms with van der Waals surface area (Å²) in [6.45, 7) is 9.10. The Morgan fingerprint density at radius 3 is 2.45 bits per heavy atom. The molecule has 1 heterocycles. The van der Waals surface area contributed by atoms with Gasteiger partial charge in [0.25, 0.3) is 0 Å². The van der Waals surface area contributed by atoms with Crippen LogP contribution in [0.25, 0.3) is 0 Å². The van der Waals surface area contributed by atoms with Crippen LogP contribution in [0.4, 0.5) is 0 Å². The zero-order chi connectivity index (χ0) is 14.9. The molecule has 3 nitrogen and oxygen atoms in total. The Morgan fingerprint density at radius 2 is 1.95 bits per heavy atom. The van der Waals surface area contributed by atoms with Gasteiger partial charge in [-0.25, -0.2) is 0 Å². The molecule has 0 bridgehead atoms. The second-order valence-corrected chi connectivity index (χ2v) is 7.57. The molecule has 118 valence electrons. The normalized spacial score (nSPS) is 42.1. The van der Waals surface area contributed by atoms with Crippen LogP contribution in [0.5, 0.6) is 0 Å². The van der Waals surface area contributed by atoms with Gasteiger partial charge < -0.3 is 14.6 Å². The maximum Gasteiger partial charge on any atom is 0.185 e. The first-order chi connectivity index (χ1) is 9.40. The van der Waals surface area contributed by atoms with Gasteiger partial charge in [0.2, 0.25) is 0 Å². The van der Waals surface area contributed by atoms with Gasteiger partial charge in [-0.2, -0.15) is 0 Å². The van der Waals surface area contributed by atoms with Gasteiger partial charge in [0.1, 0.15) is 5.60 Å². The summed E-state index contributed by atoms with van der Waals surface area (Å²) in [5.74, 6) is 2.22. The average Bonchev–Trinajstić information content (AvgIpc) is 2.97. The van der Waals surface area contributed by atoms with E-state index in [1.165, 1.54) is 19.3 Å². The predicted octanol–water partition coefficient (Wildman–Crippen LogP) is 3.60. The summed E-state index contributed by atoms with van der Waals surface area (Å²) < 4.78 is 11.4. The molecule has 6 unspecified atom stereocenters. The Bertz CT molecular complexity index is 317. The molecule has 1 N–H and O–H groups in total. The molecule has 3 heteroatoms. The number of aliphatic hydroxyl groups excluding tert-OH is 1. The van der Waals surface area contributed by atoms with Crippen LogP contribution in [0, 0.1) is 23.7 Å². The first-order valence-corrected chi connectivity index (χ1v) is 8.29. The van der Waals surface area contributed by atoms with Gasteiger partial charge in [-0.3, -0.25) is 0 Å². The summed E-state index contributed by atoms with van der Waals surface area (Å²) in [5, 5.41) is 10.0. The number of epoxide rings is 1. The van der Waals surface area contributed by atoms with Crippen molar-refractivity contribution in [2.45, 2.75) is 77.8 Å². The van der Waals surface area contributed by atoms with Crippen LogP contribution in [-0.2, 0) is 9.47 Å². The molecule has 1 saturated heterocycles. The van der Waals surface area contributed by atoms with Gasteiger partial charge in [0.15, 0.2) is 6.29 Å². The summed E-state index contributed by atoms with van der Waals surface area (Å²) in [4.78, 5) is 0. The third-order valence-corrected chi connectivity index (χ3v) is 5.32. The van der Waals surface area contributed by atoms with E-state index in [-0.39, 0.29) is 11.7 Å². The average molecular weight is 284 g/mol. The minimum absolute atomic E-state index is 0.227. The lowest BCUT2D eigenvalue weighted by Gasteiger charge is -2.42. The van der Waals surface area contributed by atoms with E-state index >= 15 is 0 Å². The van der Waals surface area contributed by atoms with Crippen molar-refractivity contribution in [2.75, 3.05) is 7.11 Å². The van der Waals surface area contributed by atoms with Crippen molar-refractivity contribution in [3.8, 4) is 0 Å². The van der Waals surface area contributed by atoms with E-state index < -0.39 is 6.29 Å². The van der Waals surface area contributed by atoms with Crippen LogP contribution >= 0.6 is 0 Å². The molecule has 1 saturated carbocycles. The van der Waals surface area contributed by atoms with E-state index in [2.05, 4.69) is 27.7 Å². The SMILES string of the molecule is COC1CC(C)CC2(OC2O)C1C(C)CCCC(C)C. The highest BCUT2D eigenvalue weighted by molar-refractivity contribution is 5.09. The van der Waals surface area contributed by atoms with Crippen molar-refractivity contribution in [3.63, 3.8) is 0 Å². The maximum atomic E-state index is 10.0. The largest absolute Gasteiger partial charge is 0.381 e. The van der Waals surface area contributed by atoms with E-state index in [4.69, 9.17) is 9.47 Å². The van der Waals surface area contributed by atoms with E-state index in [0.29, 0.717) is 17.8 Å². The molecular weight excluding hydrogens is 252 g/mol. The Balaban J connectivity index is 2.01. The van der Waals surface area contributed by atoms with Crippen molar-refractivity contribution in [1.29, 1.82) is 0 Å². The Kier molecular flexibility index (Phi) is 5.14. The van der Waals surface area contributed by atoms with Crippen LogP contribution in [0.1, 0.15) is 59.8 Å². The molecule has 0 aromatic carbocycles. The summed E-state index contributed by atoms with van der Waals surface area (Å²) in [7, 11) is 1.80. The first kappa shape index (κ1) is 16.3. The number of ether oxygens (including phenoxy) is 2. The second kappa shape index (κ2) is 6.33. The quantitative estimate of drug-likeness (QED) is 0.758. The van der Waals surface area contributed by atoms with Crippen molar-refractivity contribution < 1.29 is 14.6 Å². The van der Waals surface area contributed by atoms with E-state index in [1.807, 2.05) is 0 Å². The monoisotopic (exact) mass is 284 g/mol. The number of hydrogen-bond acceptors (Lipinski definition) is 3. The number of rotatable bonds is 6. The molecule has 0 aromatic rings. The van der Waals surface area contributed by atoms with Crippen LogP contribution in [0.2, 0.25) is 0 Å². The molecule has 0 aromatic heterocycles. The molecule has 1 aliphatic carbocycles. The lowest BCUT2D eigenvalue weighted by molar-refractivity contribution is -0.0591. The third-order valence-electron chi connectivity index (χ3n) is 5.32. The van der Waals surface area contributed by atoms with Crippen molar-refractivity contribution in [2.24, 2.45) is 23.7 Å². The van der Waals surface area contributed by atoms with E-state index in [0.717, 1.165) is 18.8 Å². The summed E-state index contributed by atoms with van der Waals surface area (Å²) in [6, 6.07) is 0. The molecular formula is C17H32O3. The summed E-state index contributed by atoms with van der Waals surface area (Å²) in [6.07, 6.45) is 5.47. The van der Waals surface area contributed by atoms with Crippen LogP contribution in [0.3, 0.4) is 0 Å². The minimum atomic E-state index is -0.569. The summed E-state index contributed by atoms with van der Waals surface area (Å²) in [5.41, 5.74) is -0.310. The standard InChI is InChI=1S/C17H32O3/c1-11(2)7-6-8-13(4)15-14(19-5)9-12(3)10-17(15)16(18)20-17/h11-16,18H,6-10H2,1-5H3. The number of methoxy groups -OCH3 is 1. The predicted molar refractivity (Wildman–Crippen MR) is 80.4 cm³/mol. The van der Waals surface area contributed by atoms with Gasteiger partial charge in [-0.15, -0.1) is 0 Å². The number of hydrogen-bond donors (Lipinski definition) is 1. The molecule has 2 rings (SSSR count). The topological polar surface area (TPSA) is 42.0 Å². The molecule has 6 atom stereocenters. The maximum absolute atomic E-state index is 10.0. The van der Waals surface area contributed by atoms with Gasteiger partial charge in [-0.1, -0.05) is 47.0 Å². The third kappa shape index (κ3) is 3.20. The van der Waals surface area contributed by atoms with Gasteiger partial charge in [0, 0.05) is 13.0 Å². The summed E-state index contributed by atoms with van der Waals surface area (Å²) >= 11 is 0. The Labute approximate surface area is 124 Å². The molecule has 0 amide bonds. The molecule has 2 fully saturated rings. The van der Waals surface area contributed by atoms with Crippen molar-refractivity contribution in [1.82, 2.24) is 0 Å². The highest BCUT2D eigenvalue weighted by atomic mass is 16.7. The smallest absolute Gasteiger partial charge is 0.185 e. The van der Waals surface area contributed by atoms with Crippen LogP contribution in [0.15, 0.2) is 0 Å². The fraction of sp³-hybridized carbons (Fsp3) is 1.00. The second-order valence-electron chi connectivity index (χ2n) is 7.57. The minimum Gasteiger partial charge on any atom is -0.381 e. The number of aliphatic hydroxyl groups is 1. The highest BCUT2D eigenvalue weighted by Gasteiger charge is 2.66. The Morgan fingerprint density at radius 1 is 1.30 bits per heavy atom. The van der Waals surface area contributed by atoms with E-state index in [9.17, 15) is 5.11 Å². The molecule has 1 aliphatic heterocycles. The van der Waals surface area contributed by atoms with Gasteiger partial charge in [-0.05, 0) is 30.6 Å². The van der Waals surface area contributed by atoms with Crippen LogP contribution < -0.4 is 0 Å². The van der Waals surface area contributed by atoms with Crippen molar-refractivity contribution in [3.05, 3.63) is 0 Å². The lowest BCUT2D eigenvalue weighted by Crippen LogP contribution is -2.47.